The predicted octanol–water partition coefficient (Wildman–Crippen LogP) is 9.72. The predicted molar refractivity (Wildman–Crippen MR) is 175 cm³/mol. The second-order valence-corrected chi connectivity index (χ2v) is 11.4. The number of nitrogens with zero attached hydrogens (tertiary/aromatic N) is 2. The lowest BCUT2D eigenvalue weighted by molar-refractivity contribution is 0.516. The molecule has 0 saturated heterocycles. The third-order valence-electron chi connectivity index (χ3n) is 9.02. The Labute approximate surface area is 246 Å². The molecule has 1 unspecified atom stereocenters. The van der Waals surface area contributed by atoms with E-state index in [-0.39, 0.29) is 0 Å². The second kappa shape index (κ2) is 12.3. The topological polar surface area (TPSA) is 16.1 Å². The van der Waals surface area contributed by atoms with Gasteiger partial charge in [-0.15, -0.1) is 0 Å². The third-order valence-corrected chi connectivity index (χ3v) is 9.02. The summed E-state index contributed by atoms with van der Waals surface area (Å²) in [5.74, 6) is 0. The third kappa shape index (κ3) is 5.40. The molecule has 1 aliphatic carbocycles. The van der Waals surface area contributed by atoms with Gasteiger partial charge in [0.15, 0.2) is 0 Å². The Morgan fingerprint density at radius 1 is 0.732 bits per heavy atom. The van der Waals surface area contributed by atoms with Crippen LogP contribution in [0.2, 0.25) is 0 Å². The smallest absolute Gasteiger partial charge is 0.0713 e. The van der Waals surface area contributed by atoms with Gasteiger partial charge in [-0.3, -0.25) is 4.98 Å². The zero-order valence-corrected chi connectivity index (χ0v) is 24.9. The number of fused-ring (bicyclic) bond motifs is 2. The van der Waals surface area contributed by atoms with Gasteiger partial charge in [0.1, 0.15) is 0 Å². The minimum absolute atomic E-state index is 0.328. The van der Waals surface area contributed by atoms with Gasteiger partial charge in [0, 0.05) is 28.9 Å². The molecule has 0 amide bonds. The van der Waals surface area contributed by atoms with E-state index >= 15 is 0 Å². The van der Waals surface area contributed by atoms with Crippen LogP contribution >= 0.6 is 0 Å². The second-order valence-electron chi connectivity index (χ2n) is 11.4. The summed E-state index contributed by atoms with van der Waals surface area (Å²) in [6.07, 6.45) is 7.50. The number of hydrogen-bond donors (Lipinski definition) is 0. The van der Waals surface area contributed by atoms with Crippen molar-refractivity contribution in [2.75, 3.05) is 11.4 Å². The molecule has 0 saturated carbocycles. The minimum Gasteiger partial charge on any atom is -0.364 e. The number of aryl methyl sites for hydroxylation is 5. The minimum atomic E-state index is 0.328. The average Bonchev–Trinajstić information content (AvgIpc) is 3.04. The van der Waals surface area contributed by atoms with Gasteiger partial charge in [-0.1, -0.05) is 98.8 Å². The highest BCUT2D eigenvalue weighted by Crippen LogP contribution is 2.42. The highest BCUT2D eigenvalue weighted by atomic mass is 15.2. The molecule has 0 fully saturated rings. The zero-order chi connectivity index (χ0) is 28.2. The fraction of sp³-hybridized carbons (Fsp3) is 0.308. The molecule has 2 heteroatoms. The summed E-state index contributed by atoms with van der Waals surface area (Å²) in [5.41, 5.74) is 12.4. The van der Waals surface area contributed by atoms with E-state index in [1.807, 2.05) is 0 Å². The molecule has 1 heterocycles. The molecule has 41 heavy (non-hydrogen) atoms. The summed E-state index contributed by atoms with van der Waals surface area (Å²) in [6.45, 7) is 7.82. The molecule has 0 aliphatic heterocycles. The molecule has 4 aromatic carbocycles. The van der Waals surface area contributed by atoms with Crippen molar-refractivity contribution in [1.29, 1.82) is 0 Å². The van der Waals surface area contributed by atoms with Crippen molar-refractivity contribution in [3.8, 4) is 11.3 Å². The summed E-state index contributed by atoms with van der Waals surface area (Å²) in [5, 5.41) is 2.64. The van der Waals surface area contributed by atoms with E-state index in [1.54, 1.807) is 0 Å². The van der Waals surface area contributed by atoms with Crippen molar-refractivity contribution in [2.45, 2.75) is 71.8 Å². The van der Waals surface area contributed by atoms with Crippen molar-refractivity contribution < 1.29 is 0 Å². The molecule has 5 aromatic rings. The largest absolute Gasteiger partial charge is 0.364 e. The maximum Gasteiger partial charge on any atom is 0.0713 e. The summed E-state index contributed by atoms with van der Waals surface area (Å²) in [7, 11) is 0. The Balaban J connectivity index is 1.51. The lowest BCUT2D eigenvalue weighted by atomic mass is 9.83. The Morgan fingerprint density at radius 3 is 2.20 bits per heavy atom. The van der Waals surface area contributed by atoms with Crippen LogP contribution < -0.4 is 4.90 Å². The lowest BCUT2D eigenvalue weighted by Crippen LogP contribution is -2.33. The maximum atomic E-state index is 5.51. The number of aromatic nitrogens is 1. The summed E-state index contributed by atoms with van der Waals surface area (Å²) >= 11 is 0. The number of hydrogen-bond acceptors (Lipinski definition) is 2. The van der Waals surface area contributed by atoms with Gasteiger partial charge in [0.05, 0.1) is 11.7 Å². The van der Waals surface area contributed by atoms with Gasteiger partial charge in [-0.2, -0.15) is 0 Å². The van der Waals surface area contributed by atoms with E-state index < -0.39 is 0 Å². The Kier molecular flexibility index (Phi) is 8.19. The van der Waals surface area contributed by atoms with Crippen LogP contribution in [0.4, 0.5) is 5.69 Å². The van der Waals surface area contributed by atoms with Crippen LogP contribution in [0, 0.1) is 0 Å². The van der Waals surface area contributed by atoms with Crippen LogP contribution in [0.25, 0.3) is 22.0 Å². The molecule has 0 radical (unpaired) electrons. The van der Waals surface area contributed by atoms with Crippen molar-refractivity contribution in [1.82, 2.24) is 4.98 Å². The summed E-state index contributed by atoms with van der Waals surface area (Å²) < 4.78 is 0. The fourth-order valence-corrected chi connectivity index (χ4v) is 7.03. The molecule has 208 valence electrons. The van der Waals surface area contributed by atoms with Gasteiger partial charge < -0.3 is 4.90 Å². The van der Waals surface area contributed by atoms with Gasteiger partial charge in [0.2, 0.25) is 0 Å². The number of anilines is 1. The quantitative estimate of drug-likeness (QED) is 0.186. The van der Waals surface area contributed by atoms with Crippen LogP contribution in [0.1, 0.15) is 73.2 Å². The molecule has 2 nitrogen and oxygen atoms in total. The molecule has 0 spiro atoms. The molecule has 1 aliphatic rings. The molecule has 6 rings (SSSR count). The average molecular weight is 539 g/mol. The van der Waals surface area contributed by atoms with E-state index in [1.165, 1.54) is 67.6 Å². The molecular weight excluding hydrogens is 496 g/mol. The van der Waals surface area contributed by atoms with E-state index in [0.29, 0.717) is 6.04 Å². The van der Waals surface area contributed by atoms with Crippen LogP contribution in [-0.2, 0) is 32.1 Å². The van der Waals surface area contributed by atoms with Crippen molar-refractivity contribution in [2.24, 2.45) is 0 Å². The first-order valence-electron chi connectivity index (χ1n) is 15.6. The van der Waals surface area contributed by atoms with Gasteiger partial charge >= 0.3 is 0 Å². The van der Waals surface area contributed by atoms with Crippen LogP contribution in [-0.4, -0.2) is 11.5 Å². The van der Waals surface area contributed by atoms with Crippen molar-refractivity contribution >= 4 is 16.5 Å². The first-order chi connectivity index (χ1) is 20.2. The van der Waals surface area contributed by atoms with E-state index in [0.717, 1.165) is 45.1 Å². The van der Waals surface area contributed by atoms with Gasteiger partial charge in [-0.05, 0) is 97.2 Å². The van der Waals surface area contributed by atoms with Gasteiger partial charge in [0.25, 0.3) is 0 Å². The number of benzene rings is 4. The van der Waals surface area contributed by atoms with Crippen LogP contribution in [0.5, 0.6) is 0 Å². The summed E-state index contributed by atoms with van der Waals surface area (Å²) in [4.78, 5) is 8.17. The Bertz CT molecular complexity index is 1610. The SMILES string of the molecule is CCc1cccc(CC)c1-c1cc(CCc2ccccc2)c2c(n1)CCCC2N(CC)c1cccc2ccccc12. The van der Waals surface area contributed by atoms with Crippen molar-refractivity contribution in [3.63, 3.8) is 0 Å². The fourth-order valence-electron chi connectivity index (χ4n) is 7.03. The molecule has 0 bridgehead atoms. The van der Waals surface area contributed by atoms with E-state index in [9.17, 15) is 0 Å². The first-order valence-corrected chi connectivity index (χ1v) is 15.6. The maximum absolute atomic E-state index is 5.51. The normalized spacial score (nSPS) is 14.7. The van der Waals surface area contributed by atoms with E-state index in [2.05, 4.69) is 123 Å². The highest BCUT2D eigenvalue weighted by Gasteiger charge is 2.30. The molecule has 1 aromatic heterocycles. The highest BCUT2D eigenvalue weighted by molar-refractivity contribution is 5.94. The summed E-state index contributed by atoms with van der Waals surface area (Å²) in [6, 6.07) is 36.2. The molecule has 1 atom stereocenters. The first kappa shape index (κ1) is 27.3. The number of rotatable bonds is 9. The molecule has 0 N–H and O–H groups in total. The van der Waals surface area contributed by atoms with E-state index in [4.69, 9.17) is 4.98 Å². The monoisotopic (exact) mass is 538 g/mol. The Morgan fingerprint density at radius 2 is 1.44 bits per heavy atom. The molecular formula is C39H42N2. The van der Waals surface area contributed by atoms with Crippen LogP contribution in [0.3, 0.4) is 0 Å². The zero-order valence-electron chi connectivity index (χ0n) is 24.9. The number of pyridine rings is 1. The van der Waals surface area contributed by atoms with Gasteiger partial charge in [-0.25, -0.2) is 0 Å². The Hall–Kier alpha value is -3.91. The lowest BCUT2D eigenvalue weighted by Gasteiger charge is -2.38. The standard InChI is InChI=1S/C39H42N2/c1-4-29-18-12-19-30(5-2)38(29)35-27-32(26-25-28-15-8-7-9-16-28)39-34(40-35)22-14-24-37(39)41(6-3)36-23-13-20-31-17-10-11-21-33(31)36/h7-13,15-21,23,27,37H,4-6,14,22,24-26H2,1-3H3. The van der Waals surface area contributed by atoms with Crippen molar-refractivity contribution in [3.05, 3.63) is 131 Å². The van der Waals surface area contributed by atoms with Crippen LogP contribution in [0.15, 0.2) is 97.1 Å².